The summed E-state index contributed by atoms with van der Waals surface area (Å²) in [5.41, 5.74) is 3.27. The predicted molar refractivity (Wildman–Crippen MR) is 86.1 cm³/mol. The van der Waals surface area contributed by atoms with Crippen LogP contribution in [0.25, 0.3) is 0 Å². The first-order chi connectivity index (χ1) is 8.56. The number of unbranched alkanes of at least 4 members (excludes halogenated alkanes) is 8. The summed E-state index contributed by atoms with van der Waals surface area (Å²) in [5.74, 6) is 9.15. The molecule has 0 amide bonds. The molecule has 0 rings (SSSR count). The zero-order chi connectivity index (χ0) is 13.7. The van der Waals surface area contributed by atoms with Gasteiger partial charge in [0, 0.05) is 6.42 Å². The molecular formula is C17H30Si. The van der Waals surface area contributed by atoms with Crippen LogP contribution in [0.15, 0.2) is 0 Å². The van der Waals surface area contributed by atoms with Crippen molar-refractivity contribution in [2.24, 2.45) is 0 Å². The third-order valence-electron chi connectivity index (χ3n) is 2.74. The van der Waals surface area contributed by atoms with Gasteiger partial charge in [-0.25, -0.2) is 0 Å². The van der Waals surface area contributed by atoms with Crippen LogP contribution in [0, 0.1) is 23.3 Å². The summed E-state index contributed by atoms with van der Waals surface area (Å²) in [4.78, 5) is 0. The van der Waals surface area contributed by atoms with Crippen LogP contribution in [0.1, 0.15) is 64.7 Å². The van der Waals surface area contributed by atoms with Gasteiger partial charge in [0.05, 0.1) is 0 Å². The maximum atomic E-state index is 3.27. The Labute approximate surface area is 116 Å². The van der Waals surface area contributed by atoms with Gasteiger partial charge in [0.1, 0.15) is 8.07 Å². The van der Waals surface area contributed by atoms with Crippen LogP contribution in [0.3, 0.4) is 0 Å². The Kier molecular flexibility index (Phi) is 11.0. The van der Waals surface area contributed by atoms with Crippen LogP contribution in [0.5, 0.6) is 0 Å². The van der Waals surface area contributed by atoms with Crippen molar-refractivity contribution in [3.8, 4) is 23.3 Å². The highest BCUT2D eigenvalue weighted by Gasteiger charge is 2.06. The first-order valence-corrected chi connectivity index (χ1v) is 11.1. The molecule has 0 aromatic rings. The highest BCUT2D eigenvalue weighted by molar-refractivity contribution is 6.83. The molecule has 0 saturated carbocycles. The molecule has 0 aromatic heterocycles. The lowest BCUT2D eigenvalue weighted by Gasteiger charge is -2.01. The summed E-state index contributed by atoms with van der Waals surface area (Å²) >= 11 is 0. The Morgan fingerprint density at radius 1 is 0.722 bits per heavy atom. The summed E-state index contributed by atoms with van der Waals surface area (Å²) < 4.78 is 0. The molecule has 1 heteroatoms. The number of rotatable bonds is 8. The molecule has 18 heavy (non-hydrogen) atoms. The van der Waals surface area contributed by atoms with E-state index in [1.165, 1.54) is 51.4 Å². The normalized spacial score (nSPS) is 10.2. The van der Waals surface area contributed by atoms with Gasteiger partial charge in [-0.05, 0) is 18.3 Å². The van der Waals surface area contributed by atoms with E-state index in [1.807, 2.05) is 0 Å². The van der Waals surface area contributed by atoms with Crippen LogP contribution in [-0.4, -0.2) is 8.07 Å². The molecule has 0 aromatic carbocycles. The van der Waals surface area contributed by atoms with Gasteiger partial charge in [-0.1, -0.05) is 77.4 Å². The molecule has 0 aliphatic heterocycles. The minimum absolute atomic E-state index is 1.02. The quantitative estimate of drug-likeness (QED) is 0.312. The van der Waals surface area contributed by atoms with E-state index in [0.717, 1.165) is 6.42 Å². The number of hydrogen-bond donors (Lipinski definition) is 0. The molecule has 0 fully saturated rings. The molecule has 0 unspecified atom stereocenters. The molecule has 0 aliphatic rings. The Hall–Kier alpha value is -0.663. The van der Waals surface area contributed by atoms with Crippen molar-refractivity contribution >= 4 is 8.07 Å². The van der Waals surface area contributed by atoms with E-state index in [0.29, 0.717) is 0 Å². The first-order valence-electron chi connectivity index (χ1n) is 7.56. The Bertz CT molecular complexity index is 300. The summed E-state index contributed by atoms with van der Waals surface area (Å²) in [6.45, 7) is 9.02. The van der Waals surface area contributed by atoms with E-state index in [1.54, 1.807) is 0 Å². The Morgan fingerprint density at radius 2 is 1.28 bits per heavy atom. The van der Waals surface area contributed by atoms with E-state index >= 15 is 0 Å². The van der Waals surface area contributed by atoms with Crippen molar-refractivity contribution in [1.29, 1.82) is 0 Å². The molecule has 0 aliphatic carbocycles. The van der Waals surface area contributed by atoms with E-state index in [2.05, 4.69) is 49.9 Å². The molecule has 102 valence electrons. The van der Waals surface area contributed by atoms with Crippen LogP contribution in [0.4, 0.5) is 0 Å². The van der Waals surface area contributed by atoms with Crippen molar-refractivity contribution < 1.29 is 0 Å². The van der Waals surface area contributed by atoms with Crippen molar-refractivity contribution in [3.63, 3.8) is 0 Å². The van der Waals surface area contributed by atoms with Gasteiger partial charge in [0.2, 0.25) is 0 Å². The lowest BCUT2D eigenvalue weighted by atomic mass is 10.1. The Morgan fingerprint density at radius 3 is 1.83 bits per heavy atom. The average Bonchev–Trinajstić information content (AvgIpc) is 2.29. The molecular weight excluding hydrogens is 232 g/mol. The lowest BCUT2D eigenvalue weighted by Crippen LogP contribution is -2.16. The lowest BCUT2D eigenvalue weighted by molar-refractivity contribution is 0.579. The van der Waals surface area contributed by atoms with Crippen LogP contribution < -0.4 is 0 Å². The fourth-order valence-corrected chi connectivity index (χ4v) is 2.11. The third kappa shape index (κ3) is 15.3. The summed E-state index contributed by atoms with van der Waals surface area (Å²) in [6, 6.07) is 0. The van der Waals surface area contributed by atoms with E-state index in [9.17, 15) is 0 Å². The molecule has 0 N–H and O–H groups in total. The van der Waals surface area contributed by atoms with Gasteiger partial charge in [0.15, 0.2) is 0 Å². The van der Waals surface area contributed by atoms with E-state index < -0.39 is 8.07 Å². The third-order valence-corrected chi connectivity index (χ3v) is 3.62. The van der Waals surface area contributed by atoms with Crippen LogP contribution in [0.2, 0.25) is 19.6 Å². The molecule has 0 nitrogen and oxygen atoms in total. The first kappa shape index (κ1) is 17.3. The standard InChI is InChI=1S/C17H30Si/c1-5-6-7-8-9-10-11-12-13-14-15-16-17-18(2,3)4/h5-13H2,1-4H3. The zero-order valence-corrected chi connectivity index (χ0v) is 13.9. The second-order valence-corrected chi connectivity index (χ2v) is 10.8. The summed E-state index contributed by atoms with van der Waals surface area (Å²) in [6.07, 6.45) is 12.0. The second kappa shape index (κ2) is 11.4. The van der Waals surface area contributed by atoms with Gasteiger partial charge in [-0.3, -0.25) is 0 Å². The van der Waals surface area contributed by atoms with Gasteiger partial charge < -0.3 is 0 Å². The van der Waals surface area contributed by atoms with Crippen LogP contribution in [-0.2, 0) is 0 Å². The molecule has 0 spiro atoms. The SMILES string of the molecule is CCCCCCCCCCC#CC#C[Si](C)(C)C. The number of hydrogen-bond acceptors (Lipinski definition) is 0. The summed E-state index contributed by atoms with van der Waals surface area (Å²) in [7, 11) is -1.22. The van der Waals surface area contributed by atoms with Crippen molar-refractivity contribution in [2.75, 3.05) is 0 Å². The second-order valence-electron chi connectivity index (χ2n) is 6.03. The fraction of sp³-hybridized carbons (Fsp3) is 0.765. The Balaban J connectivity index is 3.35. The highest BCUT2D eigenvalue weighted by Crippen LogP contribution is 2.08. The van der Waals surface area contributed by atoms with Gasteiger partial charge in [-0.15, -0.1) is 5.54 Å². The van der Waals surface area contributed by atoms with E-state index in [-0.39, 0.29) is 0 Å². The average molecular weight is 263 g/mol. The minimum atomic E-state index is -1.22. The fourth-order valence-electron chi connectivity index (χ4n) is 1.67. The van der Waals surface area contributed by atoms with Crippen molar-refractivity contribution in [2.45, 2.75) is 84.4 Å². The van der Waals surface area contributed by atoms with E-state index in [4.69, 9.17) is 0 Å². The molecule has 0 atom stereocenters. The highest BCUT2D eigenvalue weighted by atomic mass is 28.3. The molecule has 0 bridgehead atoms. The largest absolute Gasteiger partial charge is 0.130 e. The summed E-state index contributed by atoms with van der Waals surface area (Å²) in [5, 5.41) is 0. The topological polar surface area (TPSA) is 0 Å². The molecule has 0 radical (unpaired) electrons. The van der Waals surface area contributed by atoms with Crippen LogP contribution >= 0.6 is 0 Å². The monoisotopic (exact) mass is 262 g/mol. The van der Waals surface area contributed by atoms with Gasteiger partial charge >= 0.3 is 0 Å². The minimum Gasteiger partial charge on any atom is -0.118 e. The smallest absolute Gasteiger partial charge is 0.118 e. The van der Waals surface area contributed by atoms with Crippen molar-refractivity contribution in [3.05, 3.63) is 0 Å². The van der Waals surface area contributed by atoms with Gasteiger partial charge in [0.25, 0.3) is 0 Å². The molecule has 0 saturated heterocycles. The van der Waals surface area contributed by atoms with Gasteiger partial charge in [-0.2, -0.15) is 0 Å². The maximum absolute atomic E-state index is 3.27. The maximum Gasteiger partial charge on any atom is 0.130 e. The zero-order valence-electron chi connectivity index (χ0n) is 12.9. The predicted octanol–water partition coefficient (Wildman–Crippen LogP) is 5.40. The molecule has 0 heterocycles. The van der Waals surface area contributed by atoms with Crippen molar-refractivity contribution in [1.82, 2.24) is 0 Å².